The van der Waals surface area contributed by atoms with Crippen LogP contribution in [0.3, 0.4) is 0 Å². The lowest BCUT2D eigenvalue weighted by molar-refractivity contribution is 0.0213. The summed E-state index contributed by atoms with van der Waals surface area (Å²) in [5, 5.41) is 9.45. The highest BCUT2D eigenvalue weighted by molar-refractivity contribution is 7.09. The first-order valence-corrected chi connectivity index (χ1v) is 11.9. The summed E-state index contributed by atoms with van der Waals surface area (Å²) in [6, 6.07) is 5.20. The summed E-state index contributed by atoms with van der Waals surface area (Å²) >= 11 is 1.56. The fourth-order valence-corrected chi connectivity index (χ4v) is 5.03. The molecule has 1 aromatic carbocycles. The number of ether oxygens (including phenoxy) is 1. The molecule has 0 spiro atoms. The zero-order valence-corrected chi connectivity index (χ0v) is 19.6. The van der Waals surface area contributed by atoms with E-state index in [2.05, 4.69) is 15.6 Å². The first kappa shape index (κ1) is 21.6. The van der Waals surface area contributed by atoms with Crippen LogP contribution in [-0.2, 0) is 11.3 Å². The van der Waals surface area contributed by atoms with E-state index in [1.54, 1.807) is 35.0 Å². The summed E-state index contributed by atoms with van der Waals surface area (Å²) in [5.74, 6) is 0.155. The molecule has 172 valence electrons. The Morgan fingerprint density at radius 1 is 1.33 bits per heavy atom. The number of likely N-dealkylation sites (tertiary alicyclic amines) is 1. The third-order valence-electron chi connectivity index (χ3n) is 6.04. The van der Waals surface area contributed by atoms with Crippen molar-refractivity contribution in [2.24, 2.45) is 5.92 Å². The summed E-state index contributed by atoms with van der Waals surface area (Å²) in [7, 11) is 0. The molecule has 8 nitrogen and oxygen atoms in total. The molecule has 1 saturated heterocycles. The van der Waals surface area contributed by atoms with Crippen molar-refractivity contribution in [3.8, 4) is 0 Å². The molecule has 1 saturated carbocycles. The number of carboxylic acids is 1. The molecule has 0 bridgehead atoms. The van der Waals surface area contributed by atoms with E-state index >= 15 is 0 Å². The van der Waals surface area contributed by atoms with E-state index in [0.717, 1.165) is 34.6 Å². The van der Waals surface area contributed by atoms with Gasteiger partial charge in [-0.1, -0.05) is 5.57 Å². The average Bonchev–Trinajstić information content (AvgIpc) is 3.24. The number of fused-ring (bicyclic) bond motifs is 2. The molecule has 3 aromatic rings. The average molecular weight is 467 g/mol. The number of benzene rings is 1. The molecule has 9 heteroatoms. The van der Waals surface area contributed by atoms with E-state index < -0.39 is 11.6 Å². The van der Waals surface area contributed by atoms with Gasteiger partial charge in [-0.2, -0.15) is 0 Å². The standard InChI is InChI=1S/C24H26N4O4S/c1-24(2,3)32-23(31)27-7-6-14(17-10-19(17)27)9-21-26-18-5-4-15(22(29)30)8-20(18)28(21)12-16-11-25-13-33-16/h4-5,8-9,11,13,17,19H,6-7,10,12H2,1-3H3,(H,29,30)/b14-9-. The number of carboxylic acid groups (broad SMARTS) is 1. The van der Waals surface area contributed by atoms with Gasteiger partial charge in [-0.05, 0) is 57.9 Å². The van der Waals surface area contributed by atoms with Gasteiger partial charge in [0.25, 0.3) is 0 Å². The van der Waals surface area contributed by atoms with Gasteiger partial charge in [0.2, 0.25) is 0 Å². The van der Waals surface area contributed by atoms with E-state index in [4.69, 9.17) is 9.72 Å². The number of piperidine rings is 1. The van der Waals surface area contributed by atoms with Gasteiger partial charge in [-0.3, -0.25) is 4.98 Å². The largest absolute Gasteiger partial charge is 0.478 e. The van der Waals surface area contributed by atoms with Crippen LogP contribution in [-0.4, -0.2) is 54.8 Å². The van der Waals surface area contributed by atoms with E-state index in [0.29, 0.717) is 19.0 Å². The quantitative estimate of drug-likeness (QED) is 0.601. The van der Waals surface area contributed by atoms with Crippen LogP contribution < -0.4 is 0 Å². The SMILES string of the molecule is CC(C)(C)OC(=O)N1CC/C(=C/c2nc3ccc(C(=O)O)cc3n2Cc2cncs2)C2CC21. The predicted octanol–water partition coefficient (Wildman–Crippen LogP) is 4.65. The van der Waals surface area contributed by atoms with E-state index in [1.807, 2.05) is 31.9 Å². The molecule has 0 radical (unpaired) electrons. The molecule has 3 heterocycles. The predicted molar refractivity (Wildman–Crippen MR) is 125 cm³/mol. The highest BCUT2D eigenvalue weighted by Gasteiger charge is 2.49. The third-order valence-corrected chi connectivity index (χ3v) is 6.80. The first-order chi connectivity index (χ1) is 15.7. The molecular formula is C24H26N4O4S. The smallest absolute Gasteiger partial charge is 0.410 e. The van der Waals surface area contributed by atoms with Crippen molar-refractivity contribution < 1.29 is 19.4 Å². The zero-order valence-electron chi connectivity index (χ0n) is 18.8. The lowest BCUT2D eigenvalue weighted by atomic mass is 10.0. The monoisotopic (exact) mass is 466 g/mol. The fraction of sp³-hybridized carbons (Fsp3) is 0.417. The Morgan fingerprint density at radius 2 is 2.15 bits per heavy atom. The van der Waals surface area contributed by atoms with Crippen molar-refractivity contribution >= 4 is 40.5 Å². The summed E-state index contributed by atoms with van der Waals surface area (Å²) in [5.41, 5.74) is 4.34. The van der Waals surface area contributed by atoms with Crippen LogP contribution in [0.5, 0.6) is 0 Å². The molecule has 2 unspecified atom stereocenters. The van der Waals surface area contributed by atoms with Gasteiger partial charge in [-0.25, -0.2) is 14.6 Å². The fourth-order valence-electron chi connectivity index (χ4n) is 4.44. The summed E-state index contributed by atoms with van der Waals surface area (Å²) in [6.07, 6.45) is 5.41. The molecular weight excluding hydrogens is 440 g/mol. The second-order valence-corrected chi connectivity index (χ2v) is 10.6. The number of carbonyl (C=O) groups excluding carboxylic acids is 1. The Bertz CT molecular complexity index is 1260. The Morgan fingerprint density at radius 3 is 2.85 bits per heavy atom. The molecule has 1 aliphatic heterocycles. The molecule has 5 rings (SSSR count). The second-order valence-electron chi connectivity index (χ2n) is 9.59. The van der Waals surface area contributed by atoms with Gasteiger partial charge >= 0.3 is 12.1 Å². The van der Waals surface area contributed by atoms with Crippen LogP contribution in [0.25, 0.3) is 17.1 Å². The van der Waals surface area contributed by atoms with Gasteiger partial charge in [0.1, 0.15) is 11.4 Å². The Hall–Kier alpha value is -3.20. The number of hydrogen-bond acceptors (Lipinski definition) is 6. The van der Waals surface area contributed by atoms with E-state index in [1.165, 1.54) is 5.57 Å². The number of nitrogens with zero attached hydrogens (tertiary/aromatic N) is 4. The maximum Gasteiger partial charge on any atom is 0.410 e. The van der Waals surface area contributed by atoms with Gasteiger partial charge in [-0.15, -0.1) is 11.3 Å². The van der Waals surface area contributed by atoms with Gasteiger partial charge < -0.3 is 19.3 Å². The first-order valence-electron chi connectivity index (χ1n) is 11.0. The lowest BCUT2D eigenvalue weighted by Crippen LogP contribution is -2.41. The summed E-state index contributed by atoms with van der Waals surface area (Å²) < 4.78 is 7.63. The van der Waals surface area contributed by atoms with Crippen LogP contribution >= 0.6 is 11.3 Å². The number of imidazole rings is 1. The molecule has 2 atom stereocenters. The number of aromatic nitrogens is 3. The van der Waals surface area contributed by atoms with Crippen molar-refractivity contribution in [2.45, 2.75) is 51.8 Å². The van der Waals surface area contributed by atoms with Gasteiger partial charge in [0.05, 0.1) is 28.7 Å². The maximum atomic E-state index is 12.6. The van der Waals surface area contributed by atoms with Crippen LogP contribution in [0, 0.1) is 5.92 Å². The number of thiazole rings is 1. The molecule has 1 N–H and O–H groups in total. The van der Waals surface area contributed by atoms with E-state index in [-0.39, 0.29) is 17.7 Å². The highest BCUT2D eigenvalue weighted by atomic mass is 32.1. The number of hydrogen-bond donors (Lipinski definition) is 1. The summed E-state index contributed by atoms with van der Waals surface area (Å²) in [6.45, 7) is 6.84. The maximum absolute atomic E-state index is 12.6. The number of rotatable bonds is 4. The highest BCUT2D eigenvalue weighted by Crippen LogP contribution is 2.47. The van der Waals surface area contributed by atoms with Crippen LogP contribution in [0.4, 0.5) is 4.79 Å². The third kappa shape index (κ3) is 4.37. The van der Waals surface area contributed by atoms with E-state index in [9.17, 15) is 14.7 Å². The minimum atomic E-state index is -0.960. The second kappa shape index (κ2) is 7.98. The van der Waals surface area contributed by atoms with Gasteiger partial charge in [0.15, 0.2) is 0 Å². The van der Waals surface area contributed by atoms with Crippen LogP contribution in [0.1, 0.15) is 54.7 Å². The number of amides is 1. The van der Waals surface area contributed by atoms with Crippen molar-refractivity contribution in [1.29, 1.82) is 0 Å². The normalized spacial score (nSPS) is 21.3. The minimum absolute atomic E-state index is 0.179. The van der Waals surface area contributed by atoms with Crippen LogP contribution in [0.15, 0.2) is 35.5 Å². The molecule has 33 heavy (non-hydrogen) atoms. The van der Waals surface area contributed by atoms with Gasteiger partial charge in [0, 0.05) is 29.6 Å². The summed E-state index contributed by atoms with van der Waals surface area (Å²) in [4.78, 5) is 36.0. The molecule has 2 fully saturated rings. The molecule has 2 aliphatic rings. The number of carbonyl (C=O) groups is 2. The zero-order chi connectivity index (χ0) is 23.3. The Labute approximate surface area is 195 Å². The van der Waals surface area contributed by atoms with Crippen molar-refractivity contribution in [2.75, 3.05) is 6.54 Å². The van der Waals surface area contributed by atoms with Crippen molar-refractivity contribution in [1.82, 2.24) is 19.4 Å². The Kier molecular flexibility index (Phi) is 5.23. The topological polar surface area (TPSA) is 97.5 Å². The van der Waals surface area contributed by atoms with Crippen LogP contribution in [0.2, 0.25) is 0 Å². The lowest BCUT2D eigenvalue weighted by Gasteiger charge is -2.30. The van der Waals surface area contributed by atoms with Crippen molar-refractivity contribution in [3.05, 3.63) is 51.7 Å². The molecule has 2 aromatic heterocycles. The minimum Gasteiger partial charge on any atom is -0.478 e. The number of aromatic carboxylic acids is 1. The van der Waals surface area contributed by atoms with Crippen molar-refractivity contribution in [3.63, 3.8) is 0 Å². The Balaban J connectivity index is 1.46. The molecule has 1 amide bonds. The molecule has 1 aliphatic carbocycles.